The van der Waals surface area contributed by atoms with E-state index in [4.69, 9.17) is 4.74 Å². The number of thiazole rings is 1. The molecule has 0 atom stereocenters. The van der Waals surface area contributed by atoms with Crippen molar-refractivity contribution in [3.05, 3.63) is 69.6 Å². The first-order chi connectivity index (χ1) is 19.3. The number of anilines is 2. The van der Waals surface area contributed by atoms with E-state index in [1.807, 2.05) is 34.5 Å². The largest absolute Gasteiger partial charge is 0.497 e. The number of piperazine rings is 1. The van der Waals surface area contributed by atoms with Gasteiger partial charge < -0.3 is 24.2 Å². The van der Waals surface area contributed by atoms with Gasteiger partial charge in [0.2, 0.25) is 5.43 Å². The summed E-state index contributed by atoms with van der Waals surface area (Å²) in [5.74, 6) is -1.17. The van der Waals surface area contributed by atoms with Gasteiger partial charge in [0.1, 0.15) is 17.1 Å². The van der Waals surface area contributed by atoms with Crippen LogP contribution in [0.1, 0.15) is 29.2 Å². The highest BCUT2D eigenvalue weighted by Gasteiger charge is 2.29. The van der Waals surface area contributed by atoms with E-state index < -0.39 is 17.2 Å². The minimum Gasteiger partial charge on any atom is -0.497 e. The van der Waals surface area contributed by atoms with E-state index in [0.29, 0.717) is 42.5 Å². The molecule has 2 N–H and O–H groups in total. The van der Waals surface area contributed by atoms with Gasteiger partial charge in [0.15, 0.2) is 5.13 Å². The Kier molecular flexibility index (Phi) is 6.62. The van der Waals surface area contributed by atoms with E-state index in [1.54, 1.807) is 22.6 Å². The SMILES string of the molecule is COc1ccc(-c2csc(NC(=O)N3CCN(c4cc5c(cc4F)c(=O)c(C(=O)O)cn5C4CC4)CC3)n2)cc1. The van der Waals surface area contributed by atoms with Crippen LogP contribution in [-0.4, -0.2) is 64.8 Å². The number of nitrogens with zero attached hydrogens (tertiary/aromatic N) is 4. The van der Waals surface area contributed by atoms with Crippen molar-refractivity contribution < 1.29 is 23.8 Å². The van der Waals surface area contributed by atoms with E-state index in [9.17, 15) is 19.5 Å². The molecule has 3 heterocycles. The lowest BCUT2D eigenvalue weighted by molar-refractivity contribution is 0.0694. The number of hydrogen-bond acceptors (Lipinski definition) is 7. The Morgan fingerprint density at radius 3 is 2.50 bits per heavy atom. The van der Waals surface area contributed by atoms with Crippen LogP contribution in [0.2, 0.25) is 0 Å². The van der Waals surface area contributed by atoms with Gasteiger partial charge in [-0.2, -0.15) is 0 Å². The lowest BCUT2D eigenvalue weighted by Gasteiger charge is -2.36. The maximum atomic E-state index is 15.2. The van der Waals surface area contributed by atoms with Crippen LogP contribution >= 0.6 is 11.3 Å². The smallest absolute Gasteiger partial charge is 0.341 e. The number of carbonyl (C=O) groups is 2. The first kappa shape index (κ1) is 25.8. The van der Waals surface area contributed by atoms with Crippen LogP contribution in [0.25, 0.3) is 22.2 Å². The van der Waals surface area contributed by atoms with Crippen molar-refractivity contribution in [2.75, 3.05) is 43.5 Å². The summed E-state index contributed by atoms with van der Waals surface area (Å²) < 4.78 is 22.2. The maximum Gasteiger partial charge on any atom is 0.341 e. The van der Waals surface area contributed by atoms with Crippen molar-refractivity contribution in [2.24, 2.45) is 0 Å². The van der Waals surface area contributed by atoms with Gasteiger partial charge in [-0.1, -0.05) is 0 Å². The van der Waals surface area contributed by atoms with Crippen LogP contribution in [0.15, 0.2) is 52.8 Å². The molecule has 1 saturated heterocycles. The fourth-order valence-electron chi connectivity index (χ4n) is 4.95. The summed E-state index contributed by atoms with van der Waals surface area (Å²) in [6, 6.07) is 10.1. The molecular formula is C28H26FN5O5S. The van der Waals surface area contributed by atoms with Gasteiger partial charge in [-0.15, -0.1) is 11.3 Å². The number of fused-ring (bicyclic) bond motifs is 1. The quantitative estimate of drug-likeness (QED) is 0.351. The number of carboxylic acid groups (broad SMARTS) is 1. The van der Waals surface area contributed by atoms with Crippen molar-refractivity contribution >= 4 is 45.1 Å². The zero-order valence-electron chi connectivity index (χ0n) is 21.6. The third kappa shape index (κ3) is 4.86. The van der Waals surface area contributed by atoms with E-state index in [-0.39, 0.29) is 23.0 Å². The number of carbonyl (C=O) groups excluding carboxylic acids is 1. The molecule has 40 heavy (non-hydrogen) atoms. The van der Waals surface area contributed by atoms with Crippen LogP contribution in [0, 0.1) is 5.82 Å². The van der Waals surface area contributed by atoms with Crippen molar-refractivity contribution in [1.29, 1.82) is 0 Å². The minimum atomic E-state index is -1.32. The second-order valence-electron chi connectivity index (χ2n) is 9.81. The van der Waals surface area contributed by atoms with Gasteiger partial charge in [0, 0.05) is 54.7 Å². The zero-order valence-corrected chi connectivity index (χ0v) is 22.4. The van der Waals surface area contributed by atoms with Gasteiger partial charge in [-0.25, -0.2) is 19.0 Å². The van der Waals surface area contributed by atoms with Crippen molar-refractivity contribution in [2.45, 2.75) is 18.9 Å². The van der Waals surface area contributed by atoms with Crippen LogP contribution in [0.4, 0.5) is 20.0 Å². The number of methoxy groups -OCH3 is 1. The molecule has 1 aliphatic carbocycles. The molecule has 2 aliphatic rings. The highest BCUT2D eigenvalue weighted by Crippen LogP contribution is 2.38. The fourth-order valence-corrected chi connectivity index (χ4v) is 5.66. The lowest BCUT2D eigenvalue weighted by atomic mass is 10.1. The number of amides is 2. The van der Waals surface area contributed by atoms with Gasteiger partial charge >= 0.3 is 12.0 Å². The molecule has 206 valence electrons. The molecular weight excluding hydrogens is 537 g/mol. The number of halogens is 1. The summed E-state index contributed by atoms with van der Waals surface area (Å²) in [7, 11) is 1.61. The molecule has 2 aromatic carbocycles. The van der Waals surface area contributed by atoms with E-state index >= 15 is 4.39 Å². The Morgan fingerprint density at radius 1 is 1.12 bits per heavy atom. The average Bonchev–Trinajstić information content (AvgIpc) is 3.71. The molecule has 10 nitrogen and oxygen atoms in total. The predicted molar refractivity (Wildman–Crippen MR) is 150 cm³/mol. The Morgan fingerprint density at radius 2 is 1.85 bits per heavy atom. The number of carboxylic acids is 1. The maximum absolute atomic E-state index is 15.2. The Hall–Kier alpha value is -4.45. The fraction of sp³-hybridized carbons (Fsp3) is 0.286. The van der Waals surface area contributed by atoms with Crippen LogP contribution in [-0.2, 0) is 0 Å². The number of ether oxygens (including phenoxy) is 1. The minimum absolute atomic E-state index is 0.0588. The Labute approximate surface area is 232 Å². The Balaban J connectivity index is 1.15. The molecule has 0 bridgehead atoms. The van der Waals surface area contributed by atoms with E-state index in [1.165, 1.54) is 17.5 Å². The lowest BCUT2D eigenvalue weighted by Crippen LogP contribution is -2.50. The molecule has 2 fully saturated rings. The van der Waals surface area contributed by atoms with E-state index in [0.717, 1.165) is 35.9 Å². The third-order valence-corrected chi connectivity index (χ3v) is 8.04. The summed E-state index contributed by atoms with van der Waals surface area (Å²) in [5.41, 5.74) is 1.46. The number of hydrogen-bond donors (Lipinski definition) is 2. The topological polar surface area (TPSA) is 117 Å². The molecule has 0 spiro atoms. The Bertz CT molecular complexity index is 1670. The molecule has 12 heteroatoms. The number of aromatic carboxylic acids is 1. The highest BCUT2D eigenvalue weighted by molar-refractivity contribution is 7.14. The summed E-state index contributed by atoms with van der Waals surface area (Å²) >= 11 is 1.33. The van der Waals surface area contributed by atoms with Crippen LogP contribution in [0.3, 0.4) is 0 Å². The number of pyridine rings is 1. The summed E-state index contributed by atoms with van der Waals surface area (Å²) in [4.78, 5) is 45.3. The monoisotopic (exact) mass is 563 g/mol. The second-order valence-corrected chi connectivity index (χ2v) is 10.7. The molecule has 2 amide bonds. The molecule has 6 rings (SSSR count). The van der Waals surface area contributed by atoms with Crippen molar-refractivity contribution in [3.63, 3.8) is 0 Å². The van der Waals surface area contributed by atoms with Crippen LogP contribution < -0.4 is 20.4 Å². The van der Waals surface area contributed by atoms with Gasteiger partial charge in [-0.05, 0) is 49.2 Å². The third-order valence-electron chi connectivity index (χ3n) is 7.28. The zero-order chi connectivity index (χ0) is 28.0. The van der Waals surface area contributed by atoms with Gasteiger partial charge in [0.25, 0.3) is 0 Å². The van der Waals surface area contributed by atoms with Gasteiger partial charge in [-0.3, -0.25) is 10.1 Å². The predicted octanol–water partition coefficient (Wildman–Crippen LogP) is 4.66. The number of rotatable bonds is 6. The molecule has 0 unspecified atom stereocenters. The number of urea groups is 1. The second kappa shape index (κ2) is 10.3. The summed E-state index contributed by atoms with van der Waals surface area (Å²) in [6.45, 7) is 1.53. The van der Waals surface area contributed by atoms with Crippen molar-refractivity contribution in [1.82, 2.24) is 14.5 Å². The molecule has 1 saturated carbocycles. The summed E-state index contributed by atoms with van der Waals surface area (Å²) in [5, 5.41) is 14.7. The molecule has 0 radical (unpaired) electrons. The average molecular weight is 564 g/mol. The first-order valence-electron chi connectivity index (χ1n) is 12.8. The number of nitrogens with one attached hydrogen (secondary N) is 1. The first-order valence-corrected chi connectivity index (χ1v) is 13.7. The molecule has 1 aliphatic heterocycles. The molecule has 4 aromatic rings. The highest BCUT2D eigenvalue weighted by atomic mass is 32.1. The standard InChI is InChI=1S/C28H26FN5O5S/c1-39-18-6-2-16(3-7-18)22-15-40-27(30-22)31-28(38)33-10-8-32(9-11-33)24-13-23-19(12-21(24)29)25(35)20(26(36)37)14-34(23)17-4-5-17/h2-3,6-7,12-15,17H,4-5,8-11H2,1H3,(H,36,37)(H,30,31,38). The number of benzene rings is 2. The van der Waals surface area contributed by atoms with Crippen molar-refractivity contribution in [3.8, 4) is 17.0 Å². The normalized spacial score (nSPS) is 15.3. The molecule has 2 aromatic heterocycles. The number of aromatic nitrogens is 2. The summed E-state index contributed by atoms with van der Waals surface area (Å²) in [6.07, 6.45) is 3.11. The van der Waals surface area contributed by atoms with Gasteiger partial charge in [0.05, 0.1) is 24.0 Å². The van der Waals surface area contributed by atoms with E-state index in [2.05, 4.69) is 10.3 Å². The van der Waals surface area contributed by atoms with Crippen LogP contribution in [0.5, 0.6) is 5.75 Å².